The average molecular weight is 343 g/mol. The lowest BCUT2D eigenvalue weighted by atomic mass is 9.96. The van der Waals surface area contributed by atoms with Gasteiger partial charge in [0.25, 0.3) is 5.91 Å². The van der Waals surface area contributed by atoms with Crippen LogP contribution in [0.2, 0.25) is 0 Å². The number of carbonyl (C=O) groups is 1. The fourth-order valence-corrected chi connectivity index (χ4v) is 2.50. The van der Waals surface area contributed by atoms with Gasteiger partial charge in [0.2, 0.25) is 0 Å². The highest BCUT2D eigenvalue weighted by Gasteiger charge is 2.31. The highest BCUT2D eigenvalue weighted by Crippen LogP contribution is 2.29. The van der Waals surface area contributed by atoms with Gasteiger partial charge in [-0.2, -0.15) is 18.2 Å². The Kier molecular flexibility index (Phi) is 4.48. The largest absolute Gasteiger partial charge is 0.416 e. The molecule has 0 saturated carbocycles. The molecule has 0 fully saturated rings. The van der Waals surface area contributed by atoms with E-state index < -0.39 is 17.2 Å². The molecule has 0 aliphatic heterocycles. The minimum absolute atomic E-state index is 0.0737. The Balaban J connectivity index is 2.58. The zero-order chi connectivity index (χ0) is 17.4. The van der Waals surface area contributed by atoms with Crippen molar-refractivity contribution >= 4 is 17.2 Å². The van der Waals surface area contributed by atoms with Crippen LogP contribution in [0.1, 0.15) is 31.2 Å². The lowest BCUT2D eigenvalue weighted by molar-refractivity contribution is -0.137. The number of thiazole rings is 1. The number of halogens is 3. The van der Waals surface area contributed by atoms with Gasteiger partial charge < -0.3 is 0 Å². The number of aromatic nitrogens is 2. The first-order valence-electron chi connectivity index (χ1n) is 6.80. The zero-order valence-electron chi connectivity index (χ0n) is 13.1. The smallest absolute Gasteiger partial charge is 0.276 e. The molecular weight excluding hydrogens is 327 g/mol. The molecule has 124 valence electrons. The van der Waals surface area contributed by atoms with Gasteiger partial charge in [-0.1, -0.05) is 20.8 Å². The van der Waals surface area contributed by atoms with Gasteiger partial charge in [0.1, 0.15) is 5.82 Å². The fourth-order valence-electron chi connectivity index (χ4n) is 1.68. The number of hydrogen-bond acceptors (Lipinski definition) is 3. The van der Waals surface area contributed by atoms with Crippen molar-refractivity contribution in [2.45, 2.75) is 33.9 Å². The predicted octanol–water partition coefficient (Wildman–Crippen LogP) is 3.73. The van der Waals surface area contributed by atoms with Gasteiger partial charge in [0, 0.05) is 22.7 Å². The van der Waals surface area contributed by atoms with Crippen molar-refractivity contribution in [2.75, 3.05) is 0 Å². The first-order chi connectivity index (χ1) is 10.5. The molecule has 23 heavy (non-hydrogen) atoms. The fraction of sp³-hybridized carbons (Fsp3) is 0.400. The monoisotopic (exact) mass is 343 g/mol. The van der Waals surface area contributed by atoms with Crippen molar-refractivity contribution in [3.05, 3.63) is 39.8 Å². The van der Waals surface area contributed by atoms with Gasteiger partial charge in [0.05, 0.1) is 5.56 Å². The molecule has 0 spiro atoms. The van der Waals surface area contributed by atoms with Crippen molar-refractivity contribution in [1.82, 2.24) is 9.55 Å². The molecule has 0 N–H and O–H groups in total. The predicted molar refractivity (Wildman–Crippen MR) is 81.2 cm³/mol. The van der Waals surface area contributed by atoms with E-state index in [0.717, 1.165) is 23.2 Å². The van der Waals surface area contributed by atoms with Gasteiger partial charge >= 0.3 is 6.18 Å². The minimum atomic E-state index is -4.46. The third-order valence-corrected chi connectivity index (χ3v) is 3.83. The van der Waals surface area contributed by atoms with E-state index in [1.54, 1.807) is 33.9 Å². The Labute approximate surface area is 135 Å². The summed E-state index contributed by atoms with van der Waals surface area (Å²) in [6.07, 6.45) is -1.75. The van der Waals surface area contributed by atoms with E-state index in [1.807, 2.05) is 0 Å². The van der Waals surface area contributed by atoms with Gasteiger partial charge in [-0.3, -0.25) is 9.36 Å². The molecule has 2 aromatic rings. The second-order valence-corrected chi connectivity index (χ2v) is 7.28. The summed E-state index contributed by atoms with van der Waals surface area (Å²) in [5.41, 5.74) is -1.47. The normalized spacial score (nSPS) is 13.4. The molecule has 1 amide bonds. The van der Waals surface area contributed by atoms with Crippen LogP contribution in [0, 0.1) is 12.3 Å². The Morgan fingerprint density at radius 3 is 2.52 bits per heavy atom. The Morgan fingerprint density at radius 1 is 1.30 bits per heavy atom. The van der Waals surface area contributed by atoms with E-state index in [-0.39, 0.29) is 11.7 Å². The molecule has 2 rings (SSSR count). The van der Waals surface area contributed by atoms with E-state index >= 15 is 0 Å². The highest BCUT2D eigenvalue weighted by atomic mass is 32.1. The standard InChI is InChI=1S/C15H16F3N3OS/c1-9-8-21(13(23-9)20-12(22)14(2,3)4)11-7-10(5-6-19-11)15(16,17)18/h5-8H,1-4H3/b20-13-. The van der Waals surface area contributed by atoms with Crippen LogP contribution < -0.4 is 4.80 Å². The number of amides is 1. The van der Waals surface area contributed by atoms with Crippen molar-refractivity contribution in [3.63, 3.8) is 0 Å². The summed E-state index contributed by atoms with van der Waals surface area (Å²) < 4.78 is 39.9. The molecule has 0 radical (unpaired) electrons. The lowest BCUT2D eigenvalue weighted by Gasteiger charge is -2.12. The first-order valence-corrected chi connectivity index (χ1v) is 7.62. The molecule has 2 aromatic heterocycles. The number of pyridine rings is 1. The van der Waals surface area contributed by atoms with Crippen molar-refractivity contribution in [1.29, 1.82) is 0 Å². The second-order valence-electron chi connectivity index (χ2n) is 6.06. The number of hydrogen-bond donors (Lipinski definition) is 0. The summed E-state index contributed by atoms with van der Waals surface area (Å²) in [6, 6.07) is 1.84. The molecule has 4 nitrogen and oxygen atoms in total. The third-order valence-electron chi connectivity index (χ3n) is 2.93. The van der Waals surface area contributed by atoms with E-state index in [1.165, 1.54) is 15.9 Å². The highest BCUT2D eigenvalue weighted by molar-refractivity contribution is 7.09. The number of rotatable bonds is 1. The average Bonchev–Trinajstić information content (AvgIpc) is 2.78. The third kappa shape index (κ3) is 4.07. The Hall–Kier alpha value is -1.96. The molecular formula is C15H16F3N3OS. The number of carbonyl (C=O) groups excluding carboxylic acids is 1. The van der Waals surface area contributed by atoms with E-state index in [4.69, 9.17) is 0 Å². The number of alkyl halides is 3. The van der Waals surface area contributed by atoms with E-state index in [0.29, 0.717) is 4.80 Å². The van der Waals surface area contributed by atoms with Gasteiger partial charge in [-0.15, -0.1) is 11.3 Å². The molecule has 0 aliphatic rings. The Morgan fingerprint density at radius 2 is 1.96 bits per heavy atom. The molecule has 0 unspecified atom stereocenters. The van der Waals surface area contributed by atoms with Crippen LogP contribution in [0.5, 0.6) is 0 Å². The maximum Gasteiger partial charge on any atom is 0.416 e. The SMILES string of the molecule is Cc1cn(-c2cc(C(F)(F)F)ccn2)/c(=N/C(=O)C(C)(C)C)s1. The van der Waals surface area contributed by atoms with Gasteiger partial charge in [-0.05, 0) is 19.1 Å². The Bertz CT molecular complexity index is 797. The van der Waals surface area contributed by atoms with Crippen LogP contribution in [0.25, 0.3) is 5.82 Å². The van der Waals surface area contributed by atoms with Crippen molar-refractivity contribution in [2.24, 2.45) is 10.4 Å². The van der Waals surface area contributed by atoms with E-state index in [2.05, 4.69) is 9.98 Å². The summed E-state index contributed by atoms with van der Waals surface area (Å²) in [7, 11) is 0. The minimum Gasteiger partial charge on any atom is -0.276 e. The molecule has 0 aromatic carbocycles. The van der Waals surface area contributed by atoms with Crippen LogP contribution in [0.3, 0.4) is 0 Å². The lowest BCUT2D eigenvalue weighted by Crippen LogP contribution is -2.23. The quantitative estimate of drug-likeness (QED) is 0.792. The summed E-state index contributed by atoms with van der Waals surface area (Å²) in [5.74, 6) is -0.273. The molecule has 0 atom stereocenters. The molecule has 0 saturated heterocycles. The first kappa shape index (κ1) is 17.4. The van der Waals surface area contributed by atoms with Crippen molar-refractivity contribution < 1.29 is 18.0 Å². The summed E-state index contributed by atoms with van der Waals surface area (Å²) in [5, 5.41) is 0. The van der Waals surface area contributed by atoms with Crippen LogP contribution in [-0.2, 0) is 11.0 Å². The molecule has 0 aliphatic carbocycles. The van der Waals surface area contributed by atoms with Crippen LogP contribution >= 0.6 is 11.3 Å². The number of nitrogens with zero attached hydrogens (tertiary/aromatic N) is 3. The number of aryl methyl sites for hydroxylation is 1. The van der Waals surface area contributed by atoms with Crippen molar-refractivity contribution in [3.8, 4) is 5.82 Å². The maximum absolute atomic E-state index is 12.8. The van der Waals surface area contributed by atoms with Crippen LogP contribution in [0.15, 0.2) is 29.5 Å². The molecule has 0 bridgehead atoms. The van der Waals surface area contributed by atoms with Crippen LogP contribution in [0.4, 0.5) is 13.2 Å². The molecule has 8 heteroatoms. The van der Waals surface area contributed by atoms with E-state index in [9.17, 15) is 18.0 Å². The van der Waals surface area contributed by atoms with Gasteiger partial charge in [0.15, 0.2) is 4.80 Å². The summed E-state index contributed by atoms with van der Waals surface area (Å²) in [6.45, 7) is 6.97. The molecule has 2 heterocycles. The zero-order valence-corrected chi connectivity index (χ0v) is 13.9. The van der Waals surface area contributed by atoms with Gasteiger partial charge in [-0.25, -0.2) is 4.98 Å². The second kappa shape index (κ2) is 5.92. The van der Waals surface area contributed by atoms with Crippen LogP contribution in [-0.4, -0.2) is 15.5 Å². The summed E-state index contributed by atoms with van der Waals surface area (Å²) >= 11 is 1.22. The summed E-state index contributed by atoms with van der Waals surface area (Å²) in [4.78, 5) is 21.2. The maximum atomic E-state index is 12.8. The topological polar surface area (TPSA) is 47.2 Å².